The maximum absolute atomic E-state index is 2.83. The Labute approximate surface area is 184 Å². The van der Waals surface area contributed by atoms with E-state index in [-0.39, 0.29) is 0 Å². The van der Waals surface area contributed by atoms with Crippen molar-refractivity contribution in [1.82, 2.24) is 0 Å². The minimum atomic E-state index is -2.02. The molecule has 0 aliphatic heterocycles. The second-order valence-electron chi connectivity index (χ2n) is 13.0. The van der Waals surface area contributed by atoms with Crippen molar-refractivity contribution in [2.75, 3.05) is 0 Å². The Kier molecular flexibility index (Phi) is 12.9. The fraction of sp³-hybridized carbons (Fsp3) is 1.00. The van der Waals surface area contributed by atoms with Gasteiger partial charge in [0.2, 0.25) is 0 Å². The monoisotopic (exact) mass is 472 g/mol. The topological polar surface area (TPSA) is 0 Å². The van der Waals surface area contributed by atoms with Crippen molar-refractivity contribution in [3.8, 4) is 0 Å². The fourth-order valence-corrected chi connectivity index (χ4v) is 40.6. The van der Waals surface area contributed by atoms with Gasteiger partial charge in [-0.05, 0) is 0 Å². The predicted molar refractivity (Wildman–Crippen MR) is 139 cm³/mol. The van der Waals surface area contributed by atoms with Crippen LogP contribution in [0.15, 0.2) is 0 Å². The summed E-state index contributed by atoms with van der Waals surface area (Å²) >= 11 is -2.02. The van der Waals surface area contributed by atoms with Crippen LogP contribution in [-0.4, -0.2) is 21.3 Å². The van der Waals surface area contributed by atoms with Crippen LogP contribution in [0.25, 0.3) is 0 Å². The van der Waals surface area contributed by atoms with Gasteiger partial charge in [-0.3, -0.25) is 0 Å². The van der Waals surface area contributed by atoms with Crippen LogP contribution >= 0.6 is 0 Å². The van der Waals surface area contributed by atoms with Crippen LogP contribution in [0.3, 0.4) is 0 Å². The molecule has 0 spiro atoms. The second kappa shape index (κ2) is 12.6. The summed E-state index contributed by atoms with van der Waals surface area (Å²) in [5.74, 6) is 5.23. The molecule has 0 saturated carbocycles. The Balaban J connectivity index is 6.49. The Morgan fingerprint density at radius 1 is 0.429 bits per heavy atom. The molecule has 0 aliphatic rings. The summed E-state index contributed by atoms with van der Waals surface area (Å²) in [4.78, 5) is 0. The quantitative estimate of drug-likeness (QED) is 0.221. The molecular weight excluding hydrogens is 413 g/mol. The molecule has 28 heavy (non-hydrogen) atoms. The number of hydrogen-bond acceptors (Lipinski definition) is 0. The van der Waals surface area contributed by atoms with E-state index in [0.717, 1.165) is 39.9 Å². The van der Waals surface area contributed by atoms with Crippen LogP contribution in [0.4, 0.5) is 0 Å². The Bertz CT molecular complexity index is 318. The van der Waals surface area contributed by atoms with E-state index in [1.54, 1.807) is 33.9 Å². The van der Waals surface area contributed by atoms with Gasteiger partial charge in [0.15, 0.2) is 0 Å². The summed E-state index contributed by atoms with van der Waals surface area (Å²) in [5, 5.41) is 4.84. The summed E-state index contributed by atoms with van der Waals surface area (Å²) in [6, 6.07) is 4.73. The van der Waals surface area contributed by atoms with Crippen LogP contribution in [-0.2, 0) is 0 Å². The number of hydrogen-bond donors (Lipinski definition) is 0. The van der Waals surface area contributed by atoms with E-state index in [1.807, 2.05) is 0 Å². The average molecular weight is 471 g/mol. The molecule has 2 heteroatoms. The van der Waals surface area contributed by atoms with Crippen molar-refractivity contribution in [3.63, 3.8) is 0 Å². The molecule has 0 unspecified atom stereocenters. The zero-order chi connectivity index (χ0) is 22.3. The van der Waals surface area contributed by atoms with E-state index in [1.165, 1.54) is 0 Å². The molecule has 0 N–H and O–H groups in total. The van der Waals surface area contributed by atoms with Gasteiger partial charge in [0.25, 0.3) is 0 Å². The van der Waals surface area contributed by atoms with Gasteiger partial charge >= 0.3 is 185 Å². The van der Waals surface area contributed by atoms with Crippen LogP contribution in [0, 0.1) is 35.5 Å². The van der Waals surface area contributed by atoms with Crippen molar-refractivity contribution in [2.45, 2.75) is 128 Å². The van der Waals surface area contributed by atoms with Crippen molar-refractivity contribution in [1.29, 1.82) is 0 Å². The third-order valence-corrected chi connectivity index (χ3v) is 34.6. The molecule has 0 amide bonds. The van der Waals surface area contributed by atoms with Gasteiger partial charge in [0, 0.05) is 0 Å². The van der Waals surface area contributed by atoms with E-state index >= 15 is 0 Å². The van der Waals surface area contributed by atoms with Gasteiger partial charge in [-0.2, -0.15) is 0 Å². The average Bonchev–Trinajstić information content (AvgIpc) is 2.41. The van der Waals surface area contributed by atoms with Gasteiger partial charge in [0.1, 0.15) is 0 Å². The van der Waals surface area contributed by atoms with Gasteiger partial charge in [-0.15, -0.1) is 0 Å². The third-order valence-electron chi connectivity index (χ3n) is 6.73. The molecule has 0 aromatic rings. The van der Waals surface area contributed by atoms with Crippen LogP contribution < -0.4 is 0 Å². The van der Waals surface area contributed by atoms with E-state index in [4.69, 9.17) is 0 Å². The SMILES string of the molecule is CC(C)C[Si](CC(C)C)(CC(C)C)[C@H](C)[Ge]([CH2]C(C)C)([CH2]C(C)C)[CH2]C(C)C. The normalized spacial score (nSPS) is 15.1. The van der Waals surface area contributed by atoms with E-state index in [9.17, 15) is 0 Å². The molecule has 0 rings (SSSR count). The first kappa shape index (κ1) is 28.8. The Morgan fingerprint density at radius 2 is 0.679 bits per heavy atom. The van der Waals surface area contributed by atoms with Crippen LogP contribution in [0.5, 0.6) is 0 Å². The maximum atomic E-state index is 2.83. The first-order chi connectivity index (χ1) is 12.7. The molecule has 170 valence electrons. The van der Waals surface area contributed by atoms with Gasteiger partial charge in [-0.1, -0.05) is 0 Å². The fourth-order valence-electron chi connectivity index (χ4n) is 7.09. The minimum absolute atomic E-state index is 0.865. The van der Waals surface area contributed by atoms with Crippen LogP contribution in [0.1, 0.15) is 90.0 Å². The zero-order valence-electron chi connectivity index (χ0n) is 22.3. The standard InChI is InChI=1S/C26H58GeSi/c1-20(2)14-27(15-21(3)4,16-22(5)6)26(13)28(17-23(7)8,18-24(9)10)19-25(11)12/h20-26H,14-19H2,1-13H3/t26-/m1/s1. The van der Waals surface area contributed by atoms with Crippen molar-refractivity contribution < 1.29 is 0 Å². The van der Waals surface area contributed by atoms with Crippen molar-refractivity contribution >= 4 is 21.3 Å². The van der Waals surface area contributed by atoms with Gasteiger partial charge in [0.05, 0.1) is 0 Å². The molecule has 0 saturated heterocycles. The molecule has 0 aromatic heterocycles. The summed E-state index contributed by atoms with van der Waals surface area (Å²) in [7, 11) is -1.34. The summed E-state index contributed by atoms with van der Waals surface area (Å²) in [5.41, 5.74) is 0. The van der Waals surface area contributed by atoms with Crippen LogP contribution in [0.2, 0.25) is 38.3 Å². The Morgan fingerprint density at radius 3 is 0.857 bits per heavy atom. The Hall–Kier alpha value is 0.760. The van der Waals surface area contributed by atoms with E-state index in [2.05, 4.69) is 90.0 Å². The first-order valence-electron chi connectivity index (χ1n) is 12.7. The van der Waals surface area contributed by atoms with E-state index < -0.39 is 21.3 Å². The molecule has 0 fully saturated rings. The number of rotatable bonds is 14. The van der Waals surface area contributed by atoms with E-state index in [0.29, 0.717) is 0 Å². The zero-order valence-corrected chi connectivity index (χ0v) is 25.4. The van der Waals surface area contributed by atoms with Gasteiger partial charge in [-0.25, -0.2) is 0 Å². The second-order valence-corrected chi connectivity index (χ2v) is 29.2. The van der Waals surface area contributed by atoms with Gasteiger partial charge < -0.3 is 0 Å². The molecule has 1 atom stereocenters. The molecule has 0 aromatic carbocycles. The first-order valence-corrected chi connectivity index (χ1v) is 21.0. The summed E-state index contributed by atoms with van der Waals surface area (Å²) < 4.78 is 1.10. The summed E-state index contributed by atoms with van der Waals surface area (Å²) in [6.45, 7) is 33.0. The molecular formula is C26H58GeSi. The molecule has 0 radical (unpaired) electrons. The molecule has 0 bridgehead atoms. The van der Waals surface area contributed by atoms with Crippen molar-refractivity contribution in [3.05, 3.63) is 0 Å². The van der Waals surface area contributed by atoms with Crippen molar-refractivity contribution in [2.24, 2.45) is 35.5 Å². The molecule has 0 heterocycles. The third kappa shape index (κ3) is 9.71. The predicted octanol–water partition coefficient (Wildman–Crippen LogP) is 9.75. The molecule has 0 aliphatic carbocycles. The summed E-state index contributed by atoms with van der Waals surface area (Å²) in [6.07, 6.45) is 0. The molecule has 0 nitrogen and oxygen atoms in total.